The number of carbonyl (C=O) groups is 1. The summed E-state index contributed by atoms with van der Waals surface area (Å²) in [6.07, 6.45) is -3.78. The van der Waals surface area contributed by atoms with Gasteiger partial charge in [-0.25, -0.2) is 9.78 Å². The second-order valence-corrected chi connectivity index (χ2v) is 10.5. The van der Waals surface area contributed by atoms with Gasteiger partial charge >= 0.3 is 12.1 Å². The van der Waals surface area contributed by atoms with Crippen molar-refractivity contribution in [2.75, 3.05) is 18.6 Å². The fourth-order valence-corrected chi connectivity index (χ4v) is 4.83. The minimum absolute atomic E-state index is 0.366. The molecule has 4 rings (SSSR count). The molecule has 0 saturated carbocycles. The van der Waals surface area contributed by atoms with Crippen LogP contribution >= 0.6 is 11.3 Å². The number of halogens is 3. The Bertz CT molecular complexity index is 1430. The van der Waals surface area contributed by atoms with Crippen LogP contribution in [0.25, 0.3) is 11.3 Å². The SMILES string of the molecule is COc1ccccc1-c1csc(N(CCc2ccc(OC(C)(C)C(=O)O)cc2)Cc2ccc(C(F)(F)F)cc2)n1. The molecule has 0 spiro atoms. The van der Waals surface area contributed by atoms with Crippen LogP contribution in [-0.2, 0) is 23.9 Å². The van der Waals surface area contributed by atoms with Crippen LogP contribution in [0.5, 0.6) is 11.5 Å². The Kier molecular flexibility index (Phi) is 8.68. The zero-order valence-corrected chi connectivity index (χ0v) is 23.1. The Labute approximate surface area is 234 Å². The molecule has 210 valence electrons. The van der Waals surface area contributed by atoms with Crippen LogP contribution in [0.15, 0.2) is 78.2 Å². The number of hydrogen-bond acceptors (Lipinski definition) is 6. The van der Waals surface area contributed by atoms with Crippen molar-refractivity contribution in [3.8, 4) is 22.8 Å². The molecule has 1 aromatic heterocycles. The number of thiazole rings is 1. The molecule has 0 fully saturated rings. The van der Waals surface area contributed by atoms with E-state index in [0.717, 1.165) is 39.6 Å². The second-order valence-electron chi connectivity index (χ2n) is 9.64. The monoisotopic (exact) mass is 570 g/mol. The first kappa shape index (κ1) is 28.9. The fraction of sp³-hybridized carbons (Fsp3) is 0.267. The maximum atomic E-state index is 13.1. The van der Waals surface area contributed by atoms with E-state index in [9.17, 15) is 23.1 Å². The maximum absolute atomic E-state index is 13.1. The molecule has 0 atom stereocenters. The van der Waals surface area contributed by atoms with Gasteiger partial charge in [0.05, 0.1) is 18.4 Å². The van der Waals surface area contributed by atoms with Gasteiger partial charge in [-0.1, -0.05) is 36.4 Å². The van der Waals surface area contributed by atoms with E-state index in [4.69, 9.17) is 14.5 Å². The van der Waals surface area contributed by atoms with Crippen molar-refractivity contribution in [1.82, 2.24) is 4.98 Å². The highest BCUT2D eigenvalue weighted by Crippen LogP contribution is 2.34. The van der Waals surface area contributed by atoms with Gasteiger partial charge < -0.3 is 19.5 Å². The first-order valence-electron chi connectivity index (χ1n) is 12.5. The molecule has 0 aliphatic heterocycles. The van der Waals surface area contributed by atoms with Crippen LogP contribution in [-0.4, -0.2) is 35.3 Å². The predicted molar refractivity (Wildman–Crippen MR) is 149 cm³/mol. The van der Waals surface area contributed by atoms with Gasteiger partial charge in [0, 0.05) is 24.0 Å². The van der Waals surface area contributed by atoms with Crippen molar-refractivity contribution in [3.05, 3.63) is 94.9 Å². The Morgan fingerprint density at radius 2 is 1.62 bits per heavy atom. The van der Waals surface area contributed by atoms with E-state index in [-0.39, 0.29) is 0 Å². The summed E-state index contributed by atoms with van der Waals surface area (Å²) in [6.45, 7) is 3.87. The topological polar surface area (TPSA) is 71.9 Å². The van der Waals surface area contributed by atoms with Crippen LogP contribution in [0.4, 0.5) is 18.3 Å². The number of anilines is 1. The van der Waals surface area contributed by atoms with E-state index >= 15 is 0 Å². The van der Waals surface area contributed by atoms with Crippen LogP contribution in [0.2, 0.25) is 0 Å². The number of carboxylic acids is 1. The lowest BCUT2D eigenvalue weighted by Crippen LogP contribution is -2.37. The van der Waals surface area contributed by atoms with Crippen molar-refractivity contribution in [2.24, 2.45) is 0 Å². The number of aliphatic carboxylic acids is 1. The number of alkyl halides is 3. The third kappa shape index (κ3) is 7.12. The van der Waals surface area contributed by atoms with E-state index in [1.165, 1.54) is 37.3 Å². The van der Waals surface area contributed by atoms with Crippen LogP contribution in [0, 0.1) is 0 Å². The number of rotatable bonds is 11. The molecule has 0 aliphatic carbocycles. The number of para-hydroxylation sites is 1. The Hall–Kier alpha value is -4.05. The van der Waals surface area contributed by atoms with Crippen molar-refractivity contribution < 1.29 is 32.5 Å². The van der Waals surface area contributed by atoms with Crippen LogP contribution < -0.4 is 14.4 Å². The van der Waals surface area contributed by atoms with Gasteiger partial charge in [0.25, 0.3) is 0 Å². The average Bonchev–Trinajstić information content (AvgIpc) is 3.41. The fourth-order valence-electron chi connectivity index (χ4n) is 3.98. The number of benzene rings is 3. The molecule has 1 heterocycles. The third-order valence-corrected chi connectivity index (χ3v) is 7.18. The van der Waals surface area contributed by atoms with Gasteiger partial charge in [0.15, 0.2) is 10.7 Å². The molecule has 40 heavy (non-hydrogen) atoms. The zero-order valence-electron chi connectivity index (χ0n) is 22.2. The van der Waals surface area contributed by atoms with Gasteiger partial charge in [-0.05, 0) is 67.8 Å². The Morgan fingerprint density at radius 3 is 2.25 bits per heavy atom. The number of nitrogens with zero attached hydrogens (tertiary/aromatic N) is 2. The summed E-state index contributed by atoms with van der Waals surface area (Å²) < 4.78 is 50.3. The summed E-state index contributed by atoms with van der Waals surface area (Å²) >= 11 is 1.45. The van der Waals surface area contributed by atoms with Gasteiger partial charge in [-0.2, -0.15) is 13.2 Å². The smallest absolute Gasteiger partial charge is 0.416 e. The lowest BCUT2D eigenvalue weighted by molar-refractivity contribution is -0.152. The van der Waals surface area contributed by atoms with Crippen molar-refractivity contribution in [3.63, 3.8) is 0 Å². The maximum Gasteiger partial charge on any atom is 0.416 e. The lowest BCUT2D eigenvalue weighted by Gasteiger charge is -2.23. The largest absolute Gasteiger partial charge is 0.496 e. The first-order valence-corrected chi connectivity index (χ1v) is 13.4. The summed E-state index contributed by atoms with van der Waals surface area (Å²) in [4.78, 5) is 18.2. The predicted octanol–water partition coefficient (Wildman–Crippen LogP) is 7.33. The average molecular weight is 571 g/mol. The number of ether oxygens (including phenoxy) is 2. The Balaban J connectivity index is 1.55. The molecular weight excluding hydrogens is 541 g/mol. The first-order chi connectivity index (χ1) is 19.0. The number of hydrogen-bond donors (Lipinski definition) is 1. The van der Waals surface area contributed by atoms with Gasteiger partial charge in [-0.3, -0.25) is 0 Å². The molecule has 3 aromatic carbocycles. The molecule has 1 N–H and O–H groups in total. The van der Waals surface area contributed by atoms with E-state index in [0.29, 0.717) is 31.0 Å². The third-order valence-electron chi connectivity index (χ3n) is 6.28. The normalized spacial score (nSPS) is 11.8. The minimum atomic E-state index is -4.40. The van der Waals surface area contributed by atoms with Crippen molar-refractivity contribution >= 4 is 22.4 Å². The van der Waals surface area contributed by atoms with Gasteiger partial charge in [0.1, 0.15) is 11.5 Å². The Morgan fingerprint density at radius 1 is 0.975 bits per heavy atom. The molecule has 0 radical (unpaired) electrons. The molecule has 0 unspecified atom stereocenters. The van der Waals surface area contributed by atoms with E-state index in [1.807, 2.05) is 46.7 Å². The highest BCUT2D eigenvalue weighted by Gasteiger charge is 2.30. The molecule has 0 aliphatic rings. The van der Waals surface area contributed by atoms with Gasteiger partial charge in [0.2, 0.25) is 0 Å². The molecule has 6 nitrogen and oxygen atoms in total. The summed E-state index contributed by atoms with van der Waals surface area (Å²) in [5, 5.41) is 12.0. The number of carboxylic acid groups (broad SMARTS) is 1. The van der Waals surface area contributed by atoms with E-state index < -0.39 is 23.3 Å². The standard InChI is InChI=1S/C30H29F3N2O4S/c1-29(2,27(36)37)39-23-14-10-20(11-15-23)16-17-35(18-21-8-12-22(13-9-21)30(31,32)33)28-34-25(19-40-28)24-6-4-5-7-26(24)38-3/h4-15,19H,16-18H2,1-3H3,(H,36,37). The minimum Gasteiger partial charge on any atom is -0.496 e. The molecule has 4 aromatic rings. The van der Waals surface area contributed by atoms with Gasteiger partial charge in [-0.15, -0.1) is 11.3 Å². The summed E-state index contributed by atoms with van der Waals surface area (Å²) in [7, 11) is 1.60. The quantitative estimate of drug-likeness (QED) is 0.204. The number of methoxy groups -OCH3 is 1. The summed E-state index contributed by atoms with van der Waals surface area (Å²) in [6, 6.07) is 19.9. The lowest BCUT2D eigenvalue weighted by atomic mass is 10.1. The van der Waals surface area contributed by atoms with E-state index in [2.05, 4.69) is 0 Å². The molecule has 10 heteroatoms. The van der Waals surface area contributed by atoms with Crippen LogP contribution in [0.1, 0.15) is 30.5 Å². The molecular formula is C30H29F3N2O4S. The highest BCUT2D eigenvalue weighted by atomic mass is 32.1. The highest BCUT2D eigenvalue weighted by molar-refractivity contribution is 7.14. The molecule has 0 bridgehead atoms. The van der Waals surface area contributed by atoms with Crippen molar-refractivity contribution in [2.45, 2.75) is 38.6 Å². The van der Waals surface area contributed by atoms with Crippen molar-refractivity contribution in [1.29, 1.82) is 0 Å². The number of aromatic nitrogens is 1. The zero-order chi connectivity index (χ0) is 28.9. The van der Waals surface area contributed by atoms with E-state index in [1.54, 1.807) is 19.2 Å². The van der Waals surface area contributed by atoms with Crippen LogP contribution in [0.3, 0.4) is 0 Å². The molecule has 0 amide bonds. The second kappa shape index (κ2) is 12.0. The summed E-state index contributed by atoms with van der Waals surface area (Å²) in [5.41, 5.74) is 1.26. The summed E-state index contributed by atoms with van der Waals surface area (Å²) in [5.74, 6) is 0.0765. The molecule has 0 saturated heterocycles.